The Bertz CT molecular complexity index is 641. The lowest BCUT2D eigenvalue weighted by Crippen LogP contribution is -2.35. The quantitative estimate of drug-likeness (QED) is 0.881. The molecule has 2 unspecified atom stereocenters. The van der Waals surface area contributed by atoms with Crippen molar-refractivity contribution in [1.82, 2.24) is 0 Å². The molecule has 0 bridgehead atoms. The number of fused-ring (bicyclic) bond motifs is 1. The third-order valence-corrected chi connectivity index (χ3v) is 5.05. The van der Waals surface area contributed by atoms with E-state index in [1.54, 1.807) is 0 Å². The van der Waals surface area contributed by atoms with E-state index in [0.717, 1.165) is 31.2 Å². The van der Waals surface area contributed by atoms with Gasteiger partial charge in [0.15, 0.2) is 0 Å². The Kier molecular flexibility index (Phi) is 4.41. The van der Waals surface area contributed by atoms with E-state index in [1.165, 1.54) is 17.2 Å². The Balaban J connectivity index is 1.69. The number of hydrogen-bond acceptors (Lipinski definition) is 1. The van der Waals surface area contributed by atoms with E-state index < -0.39 is 0 Å². The molecule has 21 heavy (non-hydrogen) atoms. The summed E-state index contributed by atoms with van der Waals surface area (Å²) in [4.78, 5) is 0. The molecule has 1 nitrogen and oxygen atoms in total. The van der Waals surface area contributed by atoms with Crippen LogP contribution >= 0.6 is 15.9 Å². The second-order valence-electron chi connectivity index (χ2n) is 5.89. The molecule has 110 valence electrons. The molecule has 2 aromatic carbocycles. The minimum Gasteiger partial charge on any atom is -0.327 e. The van der Waals surface area contributed by atoms with Crippen molar-refractivity contribution < 1.29 is 4.39 Å². The molecule has 0 aliphatic heterocycles. The molecule has 1 aliphatic rings. The summed E-state index contributed by atoms with van der Waals surface area (Å²) >= 11 is 3.24. The Morgan fingerprint density at radius 2 is 1.95 bits per heavy atom. The molecule has 0 heterocycles. The lowest BCUT2D eigenvalue weighted by molar-refractivity contribution is 0.372. The number of aryl methyl sites for hydroxylation is 1. The van der Waals surface area contributed by atoms with Crippen molar-refractivity contribution in [2.45, 2.75) is 31.7 Å². The van der Waals surface area contributed by atoms with Crippen molar-refractivity contribution in [3.05, 3.63) is 69.4 Å². The number of rotatable bonds is 3. The lowest BCUT2D eigenvalue weighted by Gasteiger charge is -2.29. The topological polar surface area (TPSA) is 26.0 Å². The van der Waals surface area contributed by atoms with E-state index in [2.05, 4.69) is 40.2 Å². The van der Waals surface area contributed by atoms with Gasteiger partial charge in [0, 0.05) is 6.04 Å². The predicted octanol–water partition coefficient (Wildman–Crippen LogP) is 4.26. The Morgan fingerprint density at radius 1 is 1.19 bits per heavy atom. The van der Waals surface area contributed by atoms with Crippen molar-refractivity contribution in [2.75, 3.05) is 0 Å². The van der Waals surface area contributed by atoms with Gasteiger partial charge in [0.05, 0.1) is 4.47 Å². The molecule has 1 aliphatic carbocycles. The van der Waals surface area contributed by atoms with Gasteiger partial charge in [0.1, 0.15) is 5.82 Å². The van der Waals surface area contributed by atoms with Crippen LogP contribution in [0.1, 0.15) is 23.1 Å². The van der Waals surface area contributed by atoms with Crippen LogP contribution in [0.4, 0.5) is 4.39 Å². The highest BCUT2D eigenvalue weighted by molar-refractivity contribution is 9.10. The van der Waals surface area contributed by atoms with E-state index in [4.69, 9.17) is 5.73 Å². The summed E-state index contributed by atoms with van der Waals surface area (Å²) in [7, 11) is 0. The zero-order chi connectivity index (χ0) is 14.8. The summed E-state index contributed by atoms with van der Waals surface area (Å²) in [6.45, 7) is 0. The molecule has 2 N–H and O–H groups in total. The SMILES string of the molecule is NC(Cc1ccc(F)c(Br)c1)C1CCc2ccccc2C1. The van der Waals surface area contributed by atoms with Gasteiger partial charge < -0.3 is 5.73 Å². The van der Waals surface area contributed by atoms with Gasteiger partial charge in [-0.15, -0.1) is 0 Å². The van der Waals surface area contributed by atoms with Crippen molar-refractivity contribution in [3.63, 3.8) is 0 Å². The average molecular weight is 348 g/mol. The van der Waals surface area contributed by atoms with E-state index in [0.29, 0.717) is 10.4 Å². The summed E-state index contributed by atoms with van der Waals surface area (Å²) < 4.78 is 13.8. The molecule has 0 aromatic heterocycles. The molecule has 0 fully saturated rings. The summed E-state index contributed by atoms with van der Waals surface area (Å²) in [6.07, 6.45) is 4.10. The molecule has 2 aromatic rings. The fourth-order valence-electron chi connectivity index (χ4n) is 3.20. The third-order valence-electron chi connectivity index (χ3n) is 4.45. The van der Waals surface area contributed by atoms with Gasteiger partial charge in [0.2, 0.25) is 0 Å². The minimum absolute atomic E-state index is 0.121. The number of nitrogens with two attached hydrogens (primary N) is 1. The molecule has 3 heteroatoms. The highest BCUT2D eigenvalue weighted by Crippen LogP contribution is 2.28. The highest BCUT2D eigenvalue weighted by Gasteiger charge is 2.23. The summed E-state index contributed by atoms with van der Waals surface area (Å²) in [5, 5.41) is 0. The first-order chi connectivity index (χ1) is 10.1. The zero-order valence-electron chi connectivity index (χ0n) is 11.9. The van der Waals surface area contributed by atoms with Gasteiger partial charge >= 0.3 is 0 Å². The smallest absolute Gasteiger partial charge is 0.137 e. The van der Waals surface area contributed by atoms with Crippen LogP contribution in [0.25, 0.3) is 0 Å². The van der Waals surface area contributed by atoms with Gasteiger partial charge in [-0.3, -0.25) is 0 Å². The summed E-state index contributed by atoms with van der Waals surface area (Å²) in [5.41, 5.74) is 10.4. The lowest BCUT2D eigenvalue weighted by atomic mass is 9.79. The van der Waals surface area contributed by atoms with Gasteiger partial charge in [-0.05, 0) is 76.4 Å². The van der Waals surface area contributed by atoms with Crippen LogP contribution < -0.4 is 5.73 Å². The van der Waals surface area contributed by atoms with E-state index >= 15 is 0 Å². The maximum Gasteiger partial charge on any atom is 0.137 e. The maximum absolute atomic E-state index is 13.3. The number of hydrogen-bond donors (Lipinski definition) is 1. The van der Waals surface area contributed by atoms with Crippen LogP contribution in [0, 0.1) is 11.7 Å². The highest BCUT2D eigenvalue weighted by atomic mass is 79.9. The van der Waals surface area contributed by atoms with Crippen LogP contribution in [0.2, 0.25) is 0 Å². The predicted molar refractivity (Wildman–Crippen MR) is 87.7 cm³/mol. The maximum atomic E-state index is 13.3. The first kappa shape index (κ1) is 14.7. The van der Waals surface area contributed by atoms with Gasteiger partial charge in [-0.2, -0.15) is 0 Å². The largest absolute Gasteiger partial charge is 0.327 e. The second-order valence-corrected chi connectivity index (χ2v) is 6.74. The van der Waals surface area contributed by atoms with Gasteiger partial charge in [-0.1, -0.05) is 30.3 Å². The fourth-order valence-corrected chi connectivity index (χ4v) is 3.62. The van der Waals surface area contributed by atoms with Crippen molar-refractivity contribution in [2.24, 2.45) is 11.7 Å². The van der Waals surface area contributed by atoms with E-state index in [-0.39, 0.29) is 11.9 Å². The number of halogens is 2. The molecule has 0 saturated heterocycles. The van der Waals surface area contributed by atoms with Gasteiger partial charge in [-0.25, -0.2) is 4.39 Å². The Labute approximate surface area is 133 Å². The molecule has 0 amide bonds. The zero-order valence-corrected chi connectivity index (χ0v) is 13.4. The summed E-state index contributed by atoms with van der Waals surface area (Å²) in [5.74, 6) is 0.280. The first-order valence-electron chi connectivity index (χ1n) is 7.40. The Hall–Kier alpha value is -1.19. The third kappa shape index (κ3) is 3.35. The molecular formula is C18H19BrFN. The van der Waals surface area contributed by atoms with Crippen molar-refractivity contribution >= 4 is 15.9 Å². The van der Waals surface area contributed by atoms with Crippen LogP contribution in [-0.2, 0) is 19.3 Å². The molecule has 0 spiro atoms. The normalized spacial score (nSPS) is 19.1. The minimum atomic E-state index is -0.223. The second kappa shape index (κ2) is 6.29. The average Bonchev–Trinajstić information content (AvgIpc) is 2.50. The molecule has 2 atom stereocenters. The van der Waals surface area contributed by atoms with Crippen LogP contribution in [0.5, 0.6) is 0 Å². The summed E-state index contributed by atoms with van der Waals surface area (Å²) in [6, 6.07) is 13.9. The number of benzene rings is 2. The van der Waals surface area contributed by atoms with Crippen molar-refractivity contribution in [1.29, 1.82) is 0 Å². The first-order valence-corrected chi connectivity index (χ1v) is 8.19. The van der Waals surface area contributed by atoms with Gasteiger partial charge in [0.25, 0.3) is 0 Å². The van der Waals surface area contributed by atoms with Crippen LogP contribution in [0.3, 0.4) is 0 Å². The van der Waals surface area contributed by atoms with Crippen LogP contribution in [0.15, 0.2) is 46.9 Å². The monoisotopic (exact) mass is 347 g/mol. The van der Waals surface area contributed by atoms with E-state index in [1.807, 2.05) is 12.1 Å². The van der Waals surface area contributed by atoms with Crippen LogP contribution in [-0.4, -0.2) is 6.04 Å². The molecule has 0 radical (unpaired) electrons. The molecular weight excluding hydrogens is 329 g/mol. The van der Waals surface area contributed by atoms with Crippen molar-refractivity contribution in [3.8, 4) is 0 Å². The molecule has 3 rings (SSSR count). The molecule has 0 saturated carbocycles. The van der Waals surface area contributed by atoms with E-state index in [9.17, 15) is 4.39 Å². The standard InChI is InChI=1S/C18H19BrFN/c19-16-9-12(5-8-17(16)20)10-18(21)15-7-6-13-3-1-2-4-14(13)11-15/h1-5,8-9,15,18H,6-7,10-11,21H2. The fraction of sp³-hybridized carbons (Fsp3) is 0.333. The Morgan fingerprint density at radius 3 is 2.71 bits per heavy atom.